The molecule has 1 N–H and O–H groups in total. The molecule has 0 aliphatic heterocycles. The fourth-order valence-electron chi connectivity index (χ4n) is 2.60. The lowest BCUT2D eigenvalue weighted by atomic mass is 10.3. The fourth-order valence-corrected chi connectivity index (χ4v) is 3.55. The summed E-state index contributed by atoms with van der Waals surface area (Å²) in [4.78, 5) is 16.6. The van der Waals surface area contributed by atoms with Crippen molar-refractivity contribution in [3.8, 4) is 11.8 Å². The molecule has 0 amide bonds. The first-order chi connectivity index (χ1) is 14.0. The van der Waals surface area contributed by atoms with Gasteiger partial charge in [-0.15, -0.1) is 10.2 Å². The molecule has 0 atom stereocenters. The highest BCUT2D eigenvalue weighted by Gasteiger charge is 2.13. The molecule has 4 rings (SSSR count). The largest absolute Gasteiger partial charge is 0.486 e. The zero-order valence-electron chi connectivity index (χ0n) is 15.2. The van der Waals surface area contributed by atoms with Crippen molar-refractivity contribution in [3.05, 3.63) is 69.0 Å². The van der Waals surface area contributed by atoms with Crippen molar-refractivity contribution >= 4 is 29.0 Å². The fraction of sp³-hybridized carbons (Fsp3) is 0.167. The predicted octanol–water partition coefficient (Wildman–Crippen LogP) is 2.55. The molecule has 29 heavy (non-hydrogen) atoms. The van der Waals surface area contributed by atoms with Crippen molar-refractivity contribution in [2.24, 2.45) is 7.05 Å². The molecule has 0 unspecified atom stereocenters. The summed E-state index contributed by atoms with van der Waals surface area (Å²) in [7, 11) is 1.84. The summed E-state index contributed by atoms with van der Waals surface area (Å²) in [6.07, 6.45) is 1.45. The number of aromatic amines is 1. The maximum atomic E-state index is 12.2. The van der Waals surface area contributed by atoms with Gasteiger partial charge >= 0.3 is 0 Å². The van der Waals surface area contributed by atoms with Crippen molar-refractivity contribution in [3.63, 3.8) is 0 Å². The lowest BCUT2D eigenvalue weighted by molar-refractivity contribution is 0.290. The Morgan fingerprint density at radius 2 is 2.10 bits per heavy atom. The van der Waals surface area contributed by atoms with Crippen LogP contribution in [0.25, 0.3) is 5.65 Å². The molecule has 146 valence electrons. The van der Waals surface area contributed by atoms with Crippen molar-refractivity contribution < 1.29 is 4.74 Å². The number of nitrogens with one attached hydrogen (secondary N) is 1. The lowest BCUT2D eigenvalue weighted by Crippen LogP contribution is -2.15. The standard InChI is InChI=1S/C18H14ClN7O2S/c1-25-15(9-28-14-4-2-12(19)3-5-14)23-24-18(25)29-10-13-6-16(27)26-17(22-13)11(7-20)8-21-26/h2-6,8,21H,9-10H2,1H3. The van der Waals surface area contributed by atoms with Crippen LogP contribution in [-0.4, -0.2) is 29.4 Å². The molecule has 0 saturated heterocycles. The average Bonchev–Trinajstić information content (AvgIpc) is 3.29. The molecule has 0 aliphatic carbocycles. The van der Waals surface area contributed by atoms with Gasteiger partial charge in [-0.25, -0.2) is 9.50 Å². The molecule has 0 saturated carbocycles. The van der Waals surface area contributed by atoms with Crippen molar-refractivity contribution in [1.29, 1.82) is 5.26 Å². The molecule has 9 nitrogen and oxygen atoms in total. The Balaban J connectivity index is 1.45. The molecule has 0 fully saturated rings. The number of H-pyrrole nitrogens is 1. The summed E-state index contributed by atoms with van der Waals surface area (Å²) in [5.74, 6) is 1.75. The number of hydrogen-bond donors (Lipinski definition) is 1. The van der Waals surface area contributed by atoms with Gasteiger partial charge in [-0.2, -0.15) is 5.26 Å². The van der Waals surface area contributed by atoms with Crippen molar-refractivity contribution in [2.45, 2.75) is 17.5 Å². The summed E-state index contributed by atoms with van der Waals surface area (Å²) >= 11 is 7.26. The first-order valence-electron chi connectivity index (χ1n) is 8.45. The number of nitrogens with zero attached hydrogens (tertiary/aromatic N) is 6. The Bertz CT molecular complexity index is 1270. The van der Waals surface area contributed by atoms with E-state index in [0.29, 0.717) is 44.4 Å². The van der Waals surface area contributed by atoms with Gasteiger partial charge in [0.25, 0.3) is 5.56 Å². The van der Waals surface area contributed by atoms with E-state index in [0.717, 1.165) is 0 Å². The van der Waals surface area contributed by atoms with Crippen LogP contribution in [0.1, 0.15) is 17.1 Å². The van der Waals surface area contributed by atoms with Crippen molar-refractivity contribution in [2.75, 3.05) is 0 Å². The highest BCUT2D eigenvalue weighted by molar-refractivity contribution is 7.98. The highest BCUT2D eigenvalue weighted by Crippen LogP contribution is 2.21. The Labute approximate surface area is 173 Å². The quantitative estimate of drug-likeness (QED) is 0.470. The summed E-state index contributed by atoms with van der Waals surface area (Å²) in [6.45, 7) is 0.256. The van der Waals surface area contributed by atoms with Crippen LogP contribution in [0.2, 0.25) is 5.02 Å². The van der Waals surface area contributed by atoms with Crippen LogP contribution in [0.3, 0.4) is 0 Å². The van der Waals surface area contributed by atoms with Crippen LogP contribution in [0.5, 0.6) is 5.75 Å². The van der Waals surface area contributed by atoms with Gasteiger partial charge in [0.05, 0.1) is 5.69 Å². The van der Waals surface area contributed by atoms with Gasteiger partial charge in [-0.1, -0.05) is 23.4 Å². The van der Waals surface area contributed by atoms with Crippen LogP contribution in [0.4, 0.5) is 0 Å². The second-order valence-corrected chi connectivity index (χ2v) is 7.41. The van der Waals surface area contributed by atoms with Gasteiger partial charge in [0.1, 0.15) is 24.0 Å². The maximum absolute atomic E-state index is 12.2. The van der Waals surface area contributed by atoms with E-state index in [2.05, 4.69) is 20.3 Å². The number of ether oxygens (including phenoxy) is 1. The zero-order valence-corrected chi connectivity index (χ0v) is 16.7. The Kier molecular flexibility index (Phi) is 5.24. The maximum Gasteiger partial charge on any atom is 0.272 e. The van der Waals surface area contributed by atoms with Gasteiger partial charge in [0.15, 0.2) is 16.6 Å². The molecule has 0 spiro atoms. The van der Waals surface area contributed by atoms with Crippen LogP contribution >= 0.6 is 23.4 Å². The van der Waals surface area contributed by atoms with Gasteiger partial charge < -0.3 is 9.30 Å². The van der Waals surface area contributed by atoms with E-state index < -0.39 is 0 Å². The predicted molar refractivity (Wildman–Crippen MR) is 107 cm³/mol. The number of rotatable bonds is 6. The first kappa shape index (κ1) is 19.0. The highest BCUT2D eigenvalue weighted by atomic mass is 35.5. The minimum absolute atomic E-state index is 0.256. The first-order valence-corrected chi connectivity index (χ1v) is 9.81. The summed E-state index contributed by atoms with van der Waals surface area (Å²) in [5, 5.41) is 21.5. The van der Waals surface area contributed by atoms with Crippen LogP contribution in [0.15, 0.2) is 46.5 Å². The molecule has 0 aliphatic rings. The van der Waals surface area contributed by atoms with E-state index in [-0.39, 0.29) is 12.2 Å². The van der Waals surface area contributed by atoms with Crippen LogP contribution in [-0.2, 0) is 19.4 Å². The number of benzene rings is 1. The summed E-state index contributed by atoms with van der Waals surface area (Å²) in [6, 6.07) is 10.5. The van der Waals surface area contributed by atoms with Gasteiger partial charge in [-0.05, 0) is 24.3 Å². The molecule has 4 aromatic rings. The molecule has 11 heteroatoms. The topological polar surface area (TPSA) is 114 Å². The van der Waals surface area contributed by atoms with E-state index >= 15 is 0 Å². The van der Waals surface area contributed by atoms with E-state index in [4.69, 9.17) is 21.6 Å². The van der Waals surface area contributed by atoms with Gasteiger partial charge in [0, 0.05) is 30.1 Å². The van der Waals surface area contributed by atoms with E-state index in [1.54, 1.807) is 24.3 Å². The second-order valence-electron chi connectivity index (χ2n) is 6.03. The minimum atomic E-state index is -0.276. The SMILES string of the molecule is Cn1c(COc2ccc(Cl)cc2)nnc1SCc1cc(=O)n2[nH]cc(C#N)c2n1. The number of fused-ring (bicyclic) bond motifs is 1. The Morgan fingerprint density at radius 1 is 1.31 bits per heavy atom. The second kappa shape index (κ2) is 7.98. The zero-order chi connectivity index (χ0) is 20.4. The number of nitriles is 1. The number of thioether (sulfide) groups is 1. The molecular formula is C18H14ClN7O2S. The number of halogens is 1. The summed E-state index contributed by atoms with van der Waals surface area (Å²) in [5.41, 5.74) is 0.903. The monoisotopic (exact) mass is 427 g/mol. The number of aromatic nitrogens is 6. The van der Waals surface area contributed by atoms with Crippen molar-refractivity contribution in [1.82, 2.24) is 29.4 Å². The third-order valence-corrected chi connectivity index (χ3v) is 5.43. The third-order valence-electron chi connectivity index (χ3n) is 4.13. The molecule has 1 aromatic carbocycles. The smallest absolute Gasteiger partial charge is 0.272 e. The third kappa shape index (κ3) is 3.96. The minimum Gasteiger partial charge on any atom is -0.486 e. The molecule has 0 bridgehead atoms. The van der Waals surface area contributed by atoms with Crippen LogP contribution < -0.4 is 10.3 Å². The van der Waals surface area contributed by atoms with Gasteiger partial charge in [-0.3, -0.25) is 9.89 Å². The molecule has 3 aromatic heterocycles. The van der Waals surface area contributed by atoms with Crippen LogP contribution in [0, 0.1) is 11.3 Å². The average molecular weight is 428 g/mol. The lowest BCUT2D eigenvalue weighted by Gasteiger charge is -2.06. The Morgan fingerprint density at radius 3 is 2.86 bits per heavy atom. The Hall–Kier alpha value is -3.29. The number of hydrogen-bond acceptors (Lipinski definition) is 7. The normalized spacial score (nSPS) is 10.9. The van der Waals surface area contributed by atoms with Gasteiger partial charge in [0.2, 0.25) is 0 Å². The molecule has 3 heterocycles. The van der Waals surface area contributed by atoms with E-state index in [9.17, 15) is 4.79 Å². The molecule has 0 radical (unpaired) electrons. The summed E-state index contributed by atoms with van der Waals surface area (Å²) < 4.78 is 8.76. The van der Waals surface area contributed by atoms with E-state index in [1.807, 2.05) is 17.7 Å². The van der Waals surface area contributed by atoms with E-state index in [1.165, 1.54) is 28.5 Å². The molecular weight excluding hydrogens is 414 g/mol.